The molecule has 2 unspecified atom stereocenters. The summed E-state index contributed by atoms with van der Waals surface area (Å²) in [5, 5.41) is 0.844. The fourth-order valence-electron chi connectivity index (χ4n) is 2.78. The smallest absolute Gasteiger partial charge is 0.0633 e. The summed E-state index contributed by atoms with van der Waals surface area (Å²) in [4.78, 5) is 0. The van der Waals surface area contributed by atoms with Crippen LogP contribution >= 0.6 is 11.8 Å². The van der Waals surface area contributed by atoms with Crippen LogP contribution in [-0.4, -0.2) is 24.2 Å². The van der Waals surface area contributed by atoms with Gasteiger partial charge in [-0.05, 0) is 19.8 Å². The van der Waals surface area contributed by atoms with Gasteiger partial charge >= 0.3 is 0 Å². The van der Waals surface area contributed by atoms with Gasteiger partial charge in [0.1, 0.15) is 0 Å². The SMILES string of the molecule is CCCCCCCCCCCCCC(CC)SCC(C)OC. The molecule has 0 radical (unpaired) electrons. The van der Waals surface area contributed by atoms with Crippen LogP contribution in [0.1, 0.15) is 104 Å². The lowest BCUT2D eigenvalue weighted by atomic mass is 10.0. The number of rotatable bonds is 17. The monoisotopic (exact) mass is 330 g/mol. The van der Waals surface area contributed by atoms with Crippen LogP contribution < -0.4 is 0 Å². The molecule has 0 N–H and O–H groups in total. The predicted molar refractivity (Wildman–Crippen MR) is 104 cm³/mol. The molecule has 22 heavy (non-hydrogen) atoms. The van der Waals surface area contributed by atoms with Crippen LogP contribution in [-0.2, 0) is 4.74 Å². The minimum absolute atomic E-state index is 0.399. The molecule has 2 atom stereocenters. The predicted octanol–water partition coefficient (Wildman–Crippen LogP) is 7.23. The van der Waals surface area contributed by atoms with Crippen LogP contribution in [0.2, 0.25) is 0 Å². The molecule has 0 fully saturated rings. The Hall–Kier alpha value is 0.310. The van der Waals surface area contributed by atoms with Crippen molar-refractivity contribution in [3.63, 3.8) is 0 Å². The largest absolute Gasteiger partial charge is 0.381 e. The first-order chi connectivity index (χ1) is 10.7. The Morgan fingerprint density at radius 3 is 1.73 bits per heavy atom. The standard InChI is InChI=1S/C20H42OS/c1-5-7-8-9-10-11-12-13-14-15-16-17-20(6-2)22-18-19(3)21-4/h19-20H,5-18H2,1-4H3. The third-order valence-electron chi connectivity index (χ3n) is 4.55. The van der Waals surface area contributed by atoms with Crippen molar-refractivity contribution >= 4 is 11.8 Å². The van der Waals surface area contributed by atoms with Crippen molar-refractivity contribution in [2.45, 2.75) is 116 Å². The normalized spacial score (nSPS) is 14.2. The molecule has 0 rings (SSSR count). The number of unbranched alkanes of at least 4 members (excludes halogenated alkanes) is 10. The van der Waals surface area contributed by atoms with Crippen molar-refractivity contribution < 1.29 is 4.74 Å². The summed E-state index contributed by atoms with van der Waals surface area (Å²) >= 11 is 2.11. The Kier molecular flexibility index (Phi) is 17.9. The van der Waals surface area contributed by atoms with E-state index in [0.717, 1.165) is 11.0 Å². The van der Waals surface area contributed by atoms with Gasteiger partial charge in [0.05, 0.1) is 6.10 Å². The first-order valence-electron chi connectivity index (χ1n) is 9.88. The van der Waals surface area contributed by atoms with Gasteiger partial charge in [-0.3, -0.25) is 0 Å². The fourth-order valence-corrected chi connectivity index (χ4v) is 4.03. The Morgan fingerprint density at radius 2 is 1.27 bits per heavy atom. The summed E-state index contributed by atoms with van der Waals surface area (Å²) < 4.78 is 5.34. The lowest BCUT2D eigenvalue weighted by molar-refractivity contribution is 0.137. The molecule has 2 heteroatoms. The van der Waals surface area contributed by atoms with E-state index in [9.17, 15) is 0 Å². The third kappa shape index (κ3) is 15.2. The van der Waals surface area contributed by atoms with Gasteiger partial charge in [-0.2, -0.15) is 11.8 Å². The molecule has 0 saturated heterocycles. The zero-order valence-corrected chi connectivity index (χ0v) is 16.7. The van der Waals surface area contributed by atoms with Crippen LogP contribution in [0.25, 0.3) is 0 Å². The average molecular weight is 331 g/mol. The minimum Gasteiger partial charge on any atom is -0.381 e. The summed E-state index contributed by atoms with van der Waals surface area (Å²) in [5.41, 5.74) is 0. The summed E-state index contributed by atoms with van der Waals surface area (Å²) in [5.74, 6) is 1.15. The molecular weight excluding hydrogens is 288 g/mol. The van der Waals surface area contributed by atoms with Crippen LogP contribution in [0.3, 0.4) is 0 Å². The first kappa shape index (κ1) is 22.3. The quantitative estimate of drug-likeness (QED) is 0.260. The van der Waals surface area contributed by atoms with Crippen LogP contribution in [0.15, 0.2) is 0 Å². The van der Waals surface area contributed by atoms with Crippen molar-refractivity contribution in [2.24, 2.45) is 0 Å². The van der Waals surface area contributed by atoms with E-state index in [1.807, 2.05) is 7.11 Å². The maximum Gasteiger partial charge on any atom is 0.0633 e. The maximum absolute atomic E-state index is 5.34. The number of hydrogen-bond acceptors (Lipinski definition) is 2. The summed E-state index contributed by atoms with van der Waals surface area (Å²) in [7, 11) is 1.82. The van der Waals surface area contributed by atoms with Gasteiger partial charge in [0.25, 0.3) is 0 Å². The molecule has 0 saturated carbocycles. The van der Waals surface area contributed by atoms with Gasteiger partial charge in [0.2, 0.25) is 0 Å². The van der Waals surface area contributed by atoms with Crippen molar-refractivity contribution in [2.75, 3.05) is 12.9 Å². The molecule has 0 aromatic carbocycles. The summed E-state index contributed by atoms with van der Waals surface area (Å²) in [6.07, 6.45) is 19.0. The van der Waals surface area contributed by atoms with E-state index in [1.54, 1.807) is 0 Å². The highest BCUT2D eigenvalue weighted by Gasteiger charge is 2.09. The van der Waals surface area contributed by atoms with Gasteiger partial charge in [-0.15, -0.1) is 0 Å². The summed E-state index contributed by atoms with van der Waals surface area (Å²) in [6.45, 7) is 6.79. The van der Waals surface area contributed by atoms with E-state index in [1.165, 1.54) is 83.5 Å². The van der Waals surface area contributed by atoms with Gasteiger partial charge in [-0.25, -0.2) is 0 Å². The highest BCUT2D eigenvalue weighted by atomic mass is 32.2. The van der Waals surface area contributed by atoms with E-state index in [2.05, 4.69) is 32.5 Å². The Morgan fingerprint density at radius 1 is 0.773 bits per heavy atom. The van der Waals surface area contributed by atoms with Crippen molar-refractivity contribution in [3.05, 3.63) is 0 Å². The van der Waals surface area contributed by atoms with Crippen molar-refractivity contribution in [1.29, 1.82) is 0 Å². The second-order valence-corrected chi connectivity index (χ2v) is 8.07. The molecule has 1 nitrogen and oxygen atoms in total. The van der Waals surface area contributed by atoms with E-state index < -0.39 is 0 Å². The number of hydrogen-bond donors (Lipinski definition) is 0. The van der Waals surface area contributed by atoms with Gasteiger partial charge in [-0.1, -0.05) is 84.5 Å². The molecule has 0 spiro atoms. The van der Waals surface area contributed by atoms with Gasteiger partial charge < -0.3 is 4.74 Å². The second kappa shape index (κ2) is 17.7. The van der Waals surface area contributed by atoms with Crippen molar-refractivity contribution in [1.82, 2.24) is 0 Å². The molecule has 0 bridgehead atoms. The first-order valence-corrected chi connectivity index (χ1v) is 10.9. The molecule has 0 aromatic rings. The van der Waals surface area contributed by atoms with Gasteiger partial charge in [0, 0.05) is 18.1 Å². The Balaban J connectivity index is 3.29. The molecule has 134 valence electrons. The minimum atomic E-state index is 0.399. The van der Waals surface area contributed by atoms with Crippen molar-refractivity contribution in [3.8, 4) is 0 Å². The van der Waals surface area contributed by atoms with Crippen LogP contribution in [0.4, 0.5) is 0 Å². The zero-order valence-electron chi connectivity index (χ0n) is 15.9. The maximum atomic E-state index is 5.34. The van der Waals surface area contributed by atoms with E-state index in [-0.39, 0.29) is 0 Å². The molecular formula is C20H42OS. The van der Waals surface area contributed by atoms with E-state index in [4.69, 9.17) is 4.74 Å². The number of thioether (sulfide) groups is 1. The number of methoxy groups -OCH3 is 1. The molecule has 0 heterocycles. The van der Waals surface area contributed by atoms with E-state index >= 15 is 0 Å². The highest BCUT2D eigenvalue weighted by Crippen LogP contribution is 2.22. The second-order valence-electron chi connectivity index (χ2n) is 6.73. The molecule has 0 aliphatic rings. The molecule has 0 aromatic heterocycles. The molecule has 0 aliphatic carbocycles. The number of ether oxygens (including phenoxy) is 1. The lowest BCUT2D eigenvalue weighted by Gasteiger charge is -2.16. The third-order valence-corrected chi connectivity index (χ3v) is 6.26. The topological polar surface area (TPSA) is 9.23 Å². The average Bonchev–Trinajstić information content (AvgIpc) is 2.54. The summed E-state index contributed by atoms with van der Waals surface area (Å²) in [6, 6.07) is 0. The lowest BCUT2D eigenvalue weighted by Crippen LogP contribution is -2.12. The highest BCUT2D eigenvalue weighted by molar-refractivity contribution is 7.99. The zero-order chi connectivity index (χ0) is 16.5. The molecule has 0 amide bonds. The molecule has 0 aliphatic heterocycles. The fraction of sp³-hybridized carbons (Fsp3) is 1.00. The van der Waals surface area contributed by atoms with Crippen LogP contribution in [0, 0.1) is 0 Å². The Bertz CT molecular complexity index is 208. The Labute approximate surface area is 145 Å². The van der Waals surface area contributed by atoms with Gasteiger partial charge in [0.15, 0.2) is 0 Å². The van der Waals surface area contributed by atoms with E-state index in [0.29, 0.717) is 6.10 Å². The van der Waals surface area contributed by atoms with Crippen LogP contribution in [0.5, 0.6) is 0 Å².